The number of hydrogen-bond acceptors (Lipinski definition) is 3. The van der Waals surface area contributed by atoms with Crippen LogP contribution >= 0.6 is 15.9 Å². The molecule has 1 heterocycles. The van der Waals surface area contributed by atoms with Crippen molar-refractivity contribution in [2.45, 2.75) is 32.5 Å². The molecule has 20 heavy (non-hydrogen) atoms. The topological polar surface area (TPSA) is 41.6 Å². The fraction of sp³-hybridized carbons (Fsp3) is 0.533. The zero-order valence-electron chi connectivity index (χ0n) is 11.9. The highest BCUT2D eigenvalue weighted by molar-refractivity contribution is 9.10. The Morgan fingerprint density at radius 1 is 1.45 bits per heavy atom. The van der Waals surface area contributed by atoms with Crippen molar-refractivity contribution in [3.05, 3.63) is 34.3 Å². The van der Waals surface area contributed by atoms with Gasteiger partial charge in [0.15, 0.2) is 0 Å². The normalized spacial score (nSPS) is 20.1. The molecule has 1 aliphatic rings. The summed E-state index contributed by atoms with van der Waals surface area (Å²) in [6.45, 7) is 6.65. The summed E-state index contributed by atoms with van der Waals surface area (Å²) in [7, 11) is 0. The van der Waals surface area contributed by atoms with Gasteiger partial charge < -0.3 is 10.1 Å². The van der Waals surface area contributed by atoms with Crippen LogP contribution in [0.15, 0.2) is 28.7 Å². The molecule has 1 amide bonds. The van der Waals surface area contributed by atoms with Gasteiger partial charge in [0.05, 0.1) is 13.2 Å². The maximum Gasteiger partial charge on any atom is 0.239 e. The number of halogens is 1. The highest BCUT2D eigenvalue weighted by atomic mass is 79.9. The molecular formula is C15H21BrN2O2. The standard InChI is InChI=1S/C15H21BrN2O2/c1-11(2)17-15(19)14-10-20-8-7-18(14)9-12-3-5-13(16)6-4-12/h3-6,11,14H,7-10H2,1-2H3,(H,17,19). The van der Waals surface area contributed by atoms with Gasteiger partial charge in [-0.3, -0.25) is 9.69 Å². The second-order valence-corrected chi connectivity index (χ2v) is 6.27. The number of rotatable bonds is 4. The molecule has 0 radical (unpaired) electrons. The van der Waals surface area contributed by atoms with E-state index in [1.807, 2.05) is 26.0 Å². The quantitative estimate of drug-likeness (QED) is 0.913. The first-order valence-corrected chi connectivity index (χ1v) is 7.72. The molecule has 0 saturated carbocycles. The van der Waals surface area contributed by atoms with Crippen molar-refractivity contribution in [2.24, 2.45) is 0 Å². The smallest absolute Gasteiger partial charge is 0.239 e. The van der Waals surface area contributed by atoms with Crippen LogP contribution in [0, 0.1) is 0 Å². The average Bonchev–Trinajstić information content (AvgIpc) is 2.41. The second-order valence-electron chi connectivity index (χ2n) is 5.35. The molecule has 4 nitrogen and oxygen atoms in total. The van der Waals surface area contributed by atoms with Crippen molar-refractivity contribution in [1.29, 1.82) is 0 Å². The fourth-order valence-electron chi connectivity index (χ4n) is 2.27. The predicted octanol–water partition coefficient (Wildman–Crippen LogP) is 2.17. The summed E-state index contributed by atoms with van der Waals surface area (Å²) in [5.41, 5.74) is 1.21. The molecule has 0 aliphatic carbocycles. The van der Waals surface area contributed by atoms with Gasteiger partial charge >= 0.3 is 0 Å². The van der Waals surface area contributed by atoms with Gasteiger partial charge in [0.25, 0.3) is 0 Å². The Morgan fingerprint density at radius 2 is 2.15 bits per heavy atom. The third-order valence-electron chi connectivity index (χ3n) is 3.27. The summed E-state index contributed by atoms with van der Waals surface area (Å²) in [6, 6.07) is 8.17. The number of hydrogen-bond donors (Lipinski definition) is 1. The van der Waals surface area contributed by atoms with E-state index in [-0.39, 0.29) is 18.0 Å². The number of nitrogens with one attached hydrogen (secondary N) is 1. The molecule has 0 bridgehead atoms. The molecule has 1 fully saturated rings. The van der Waals surface area contributed by atoms with E-state index in [0.717, 1.165) is 17.6 Å². The highest BCUT2D eigenvalue weighted by Gasteiger charge is 2.29. The second kappa shape index (κ2) is 7.20. The van der Waals surface area contributed by atoms with Gasteiger partial charge in [0.2, 0.25) is 5.91 Å². The molecule has 0 aromatic heterocycles. The molecule has 1 N–H and O–H groups in total. The summed E-state index contributed by atoms with van der Waals surface area (Å²) in [6.07, 6.45) is 0. The van der Waals surface area contributed by atoms with Gasteiger partial charge in [-0.15, -0.1) is 0 Å². The van der Waals surface area contributed by atoms with Crippen molar-refractivity contribution in [3.63, 3.8) is 0 Å². The first-order valence-electron chi connectivity index (χ1n) is 6.93. The molecular weight excluding hydrogens is 320 g/mol. The maximum absolute atomic E-state index is 12.2. The van der Waals surface area contributed by atoms with Crippen molar-refractivity contribution in [3.8, 4) is 0 Å². The van der Waals surface area contributed by atoms with Crippen molar-refractivity contribution >= 4 is 21.8 Å². The SMILES string of the molecule is CC(C)NC(=O)C1COCCN1Cc1ccc(Br)cc1. The maximum atomic E-state index is 12.2. The lowest BCUT2D eigenvalue weighted by Gasteiger charge is -2.35. The Bertz CT molecular complexity index is 448. The number of amides is 1. The summed E-state index contributed by atoms with van der Waals surface area (Å²) >= 11 is 3.44. The molecule has 1 aliphatic heterocycles. The van der Waals surface area contributed by atoms with Crippen LogP contribution in [-0.2, 0) is 16.1 Å². The Kier molecular flexibility index (Phi) is 5.57. The first kappa shape index (κ1) is 15.5. The van der Waals surface area contributed by atoms with E-state index in [2.05, 4.69) is 38.3 Å². The summed E-state index contributed by atoms with van der Waals surface area (Å²) in [4.78, 5) is 14.4. The summed E-state index contributed by atoms with van der Waals surface area (Å²) < 4.78 is 6.53. The largest absolute Gasteiger partial charge is 0.378 e. The molecule has 1 atom stereocenters. The van der Waals surface area contributed by atoms with Crippen LogP contribution in [0.4, 0.5) is 0 Å². The van der Waals surface area contributed by atoms with E-state index < -0.39 is 0 Å². The molecule has 110 valence electrons. The van der Waals surface area contributed by atoms with E-state index in [9.17, 15) is 4.79 Å². The number of carbonyl (C=O) groups is 1. The van der Waals surface area contributed by atoms with Crippen molar-refractivity contribution in [2.75, 3.05) is 19.8 Å². The zero-order valence-corrected chi connectivity index (χ0v) is 13.5. The lowest BCUT2D eigenvalue weighted by molar-refractivity contribution is -0.133. The Labute approximate surface area is 128 Å². The molecule has 1 aromatic carbocycles. The van der Waals surface area contributed by atoms with Crippen LogP contribution in [0.3, 0.4) is 0 Å². The Balaban J connectivity index is 2.03. The molecule has 2 rings (SSSR count). The van der Waals surface area contributed by atoms with E-state index in [1.54, 1.807) is 0 Å². The minimum absolute atomic E-state index is 0.0526. The van der Waals surface area contributed by atoms with Gasteiger partial charge in [-0.1, -0.05) is 28.1 Å². The lowest BCUT2D eigenvalue weighted by atomic mass is 10.1. The fourth-order valence-corrected chi connectivity index (χ4v) is 2.54. The first-order chi connectivity index (χ1) is 9.56. The summed E-state index contributed by atoms with van der Waals surface area (Å²) in [5.74, 6) is 0.0526. The van der Waals surface area contributed by atoms with E-state index in [1.165, 1.54) is 5.56 Å². The number of nitrogens with zero attached hydrogens (tertiary/aromatic N) is 1. The number of carbonyl (C=O) groups excluding carboxylic acids is 1. The van der Waals surface area contributed by atoms with Crippen LogP contribution in [0.25, 0.3) is 0 Å². The van der Waals surface area contributed by atoms with Gasteiger partial charge in [-0.25, -0.2) is 0 Å². The third-order valence-corrected chi connectivity index (χ3v) is 3.80. The third kappa shape index (κ3) is 4.30. The van der Waals surface area contributed by atoms with E-state index in [0.29, 0.717) is 13.2 Å². The van der Waals surface area contributed by atoms with Crippen LogP contribution in [0.1, 0.15) is 19.4 Å². The van der Waals surface area contributed by atoms with Crippen LogP contribution < -0.4 is 5.32 Å². The van der Waals surface area contributed by atoms with Gasteiger partial charge in [0.1, 0.15) is 6.04 Å². The number of ether oxygens (including phenoxy) is 1. The Hall–Kier alpha value is -0.910. The van der Waals surface area contributed by atoms with Gasteiger partial charge in [-0.05, 0) is 31.5 Å². The molecule has 0 spiro atoms. The van der Waals surface area contributed by atoms with E-state index >= 15 is 0 Å². The lowest BCUT2D eigenvalue weighted by Crippen LogP contribution is -2.54. The van der Waals surface area contributed by atoms with Crippen LogP contribution in [0.5, 0.6) is 0 Å². The summed E-state index contributed by atoms with van der Waals surface area (Å²) in [5, 5.41) is 2.97. The molecule has 1 aromatic rings. The van der Waals surface area contributed by atoms with Crippen molar-refractivity contribution in [1.82, 2.24) is 10.2 Å². The van der Waals surface area contributed by atoms with Crippen molar-refractivity contribution < 1.29 is 9.53 Å². The predicted molar refractivity (Wildman–Crippen MR) is 82.4 cm³/mol. The van der Waals surface area contributed by atoms with E-state index in [4.69, 9.17) is 4.74 Å². The minimum atomic E-state index is -0.199. The monoisotopic (exact) mass is 340 g/mol. The average molecular weight is 341 g/mol. The van der Waals surface area contributed by atoms with Crippen LogP contribution in [-0.4, -0.2) is 42.6 Å². The molecule has 1 saturated heterocycles. The van der Waals surface area contributed by atoms with Crippen LogP contribution in [0.2, 0.25) is 0 Å². The number of benzene rings is 1. The van der Waals surface area contributed by atoms with Gasteiger partial charge in [0, 0.05) is 23.6 Å². The molecule has 1 unspecified atom stereocenters. The Morgan fingerprint density at radius 3 is 2.80 bits per heavy atom. The number of morpholine rings is 1. The zero-order chi connectivity index (χ0) is 14.5. The van der Waals surface area contributed by atoms with Gasteiger partial charge in [-0.2, -0.15) is 0 Å². The molecule has 5 heteroatoms. The minimum Gasteiger partial charge on any atom is -0.378 e. The highest BCUT2D eigenvalue weighted by Crippen LogP contribution is 2.15.